The number of benzene rings is 1. The average Bonchev–Trinajstić information content (AvgIpc) is 2.06. The second-order valence-electron chi connectivity index (χ2n) is 2.58. The second kappa shape index (κ2) is 3.90. The van der Waals surface area contributed by atoms with Gasteiger partial charge in [-0.1, -0.05) is 11.6 Å². The highest BCUT2D eigenvalue weighted by Gasteiger charge is 2.35. The van der Waals surface area contributed by atoms with Gasteiger partial charge in [0.05, 0.1) is 15.5 Å². The Balaban J connectivity index is 3.45. The maximum atomic E-state index is 12.3. The van der Waals surface area contributed by atoms with E-state index in [1.807, 2.05) is 0 Å². The molecular formula is C7H3ClF3NO2S. The van der Waals surface area contributed by atoms with Crippen molar-refractivity contribution in [3.63, 3.8) is 0 Å². The highest BCUT2D eigenvalue weighted by atomic mass is 35.5. The van der Waals surface area contributed by atoms with E-state index in [4.69, 9.17) is 11.6 Å². The van der Waals surface area contributed by atoms with Gasteiger partial charge < -0.3 is 0 Å². The van der Waals surface area contributed by atoms with Gasteiger partial charge >= 0.3 is 6.18 Å². The van der Waals surface area contributed by atoms with Crippen LogP contribution in [0.5, 0.6) is 0 Å². The Bertz CT molecular complexity index is 421. The first-order valence-electron chi connectivity index (χ1n) is 3.47. The first-order chi connectivity index (χ1) is 6.73. The lowest BCUT2D eigenvalue weighted by Crippen LogP contribution is -2.07. The van der Waals surface area contributed by atoms with E-state index < -0.39 is 32.3 Å². The molecule has 1 aromatic rings. The van der Waals surface area contributed by atoms with Crippen LogP contribution in [-0.2, 0) is 6.18 Å². The van der Waals surface area contributed by atoms with Gasteiger partial charge in [-0.25, -0.2) is 0 Å². The van der Waals surface area contributed by atoms with Crippen molar-refractivity contribution in [2.75, 3.05) is 0 Å². The van der Waals surface area contributed by atoms with Crippen molar-refractivity contribution in [1.82, 2.24) is 0 Å². The molecule has 0 aliphatic heterocycles. The van der Waals surface area contributed by atoms with Crippen LogP contribution in [0.2, 0.25) is 5.02 Å². The molecule has 82 valence electrons. The topological polar surface area (TPSA) is 43.1 Å². The zero-order chi connectivity index (χ0) is 11.8. The molecule has 1 rings (SSSR count). The van der Waals surface area contributed by atoms with Crippen LogP contribution in [-0.4, -0.2) is 4.92 Å². The molecule has 0 radical (unpaired) electrons. The molecule has 0 amide bonds. The largest absolute Gasteiger partial charge is 0.417 e. The highest BCUT2D eigenvalue weighted by Crippen LogP contribution is 2.39. The molecule has 0 fully saturated rings. The number of nitro benzene ring substituents is 1. The molecule has 0 spiro atoms. The smallest absolute Gasteiger partial charge is 0.258 e. The summed E-state index contributed by atoms with van der Waals surface area (Å²) in [4.78, 5) is 8.83. The van der Waals surface area contributed by atoms with Crippen molar-refractivity contribution in [3.05, 3.63) is 32.8 Å². The number of alkyl halides is 3. The fourth-order valence-corrected chi connectivity index (χ4v) is 1.38. The monoisotopic (exact) mass is 257 g/mol. The lowest BCUT2D eigenvalue weighted by molar-refractivity contribution is -0.385. The second-order valence-corrected chi connectivity index (χ2v) is 3.43. The van der Waals surface area contributed by atoms with E-state index in [0.717, 1.165) is 6.07 Å². The Morgan fingerprint density at radius 2 is 1.93 bits per heavy atom. The quantitative estimate of drug-likeness (QED) is 0.475. The molecular weight excluding hydrogens is 255 g/mol. The van der Waals surface area contributed by atoms with Gasteiger partial charge in [-0.2, -0.15) is 13.2 Å². The van der Waals surface area contributed by atoms with Crippen LogP contribution in [0.4, 0.5) is 18.9 Å². The minimum absolute atomic E-state index is 0.397. The summed E-state index contributed by atoms with van der Waals surface area (Å²) in [6, 6.07) is 1.22. The SMILES string of the molecule is O=[N+]([O-])c1cc(Cl)c(S)c(C(F)(F)F)c1. The number of hydrogen-bond donors (Lipinski definition) is 1. The van der Waals surface area contributed by atoms with Crippen molar-refractivity contribution >= 4 is 29.9 Å². The minimum atomic E-state index is -4.72. The fourth-order valence-electron chi connectivity index (χ4n) is 0.906. The van der Waals surface area contributed by atoms with Crippen LogP contribution in [0, 0.1) is 10.1 Å². The minimum Gasteiger partial charge on any atom is -0.258 e. The average molecular weight is 258 g/mol. The van der Waals surface area contributed by atoms with Crippen LogP contribution in [0.1, 0.15) is 5.56 Å². The van der Waals surface area contributed by atoms with Gasteiger partial charge in [-0.05, 0) is 0 Å². The Morgan fingerprint density at radius 1 is 1.40 bits per heavy atom. The number of non-ortho nitro benzene ring substituents is 1. The molecule has 8 heteroatoms. The van der Waals surface area contributed by atoms with Crippen LogP contribution >= 0.6 is 24.2 Å². The summed E-state index contributed by atoms with van der Waals surface area (Å²) in [5.41, 5.74) is -1.94. The Kier molecular flexibility index (Phi) is 3.15. The molecule has 1 aromatic carbocycles. The van der Waals surface area contributed by atoms with E-state index in [-0.39, 0.29) is 0 Å². The standard InChI is InChI=1S/C7H3ClF3NO2S/c8-5-2-3(12(13)14)1-4(6(5)15)7(9,10)11/h1-2,15H. The number of rotatable bonds is 1. The summed E-state index contributed by atoms with van der Waals surface area (Å²) in [6.07, 6.45) is -4.72. The summed E-state index contributed by atoms with van der Waals surface area (Å²) in [5, 5.41) is 9.90. The summed E-state index contributed by atoms with van der Waals surface area (Å²) < 4.78 is 37.0. The van der Waals surface area contributed by atoms with Crippen molar-refractivity contribution in [3.8, 4) is 0 Å². The van der Waals surface area contributed by atoms with Crippen molar-refractivity contribution < 1.29 is 18.1 Å². The predicted octanol–water partition coefficient (Wildman–Crippen LogP) is 3.56. The van der Waals surface area contributed by atoms with E-state index >= 15 is 0 Å². The van der Waals surface area contributed by atoms with Gasteiger partial charge in [-0.15, -0.1) is 12.6 Å². The number of nitrogens with zero attached hydrogens (tertiary/aromatic N) is 1. The van der Waals surface area contributed by atoms with Gasteiger partial charge in [0.2, 0.25) is 0 Å². The lowest BCUT2D eigenvalue weighted by atomic mass is 10.2. The summed E-state index contributed by atoms with van der Waals surface area (Å²) >= 11 is 8.93. The zero-order valence-electron chi connectivity index (χ0n) is 6.88. The molecule has 3 nitrogen and oxygen atoms in total. The lowest BCUT2D eigenvalue weighted by Gasteiger charge is -2.10. The summed E-state index contributed by atoms with van der Waals surface area (Å²) in [5.74, 6) is 0. The molecule has 0 aromatic heterocycles. The normalized spacial score (nSPS) is 11.5. The van der Waals surface area contributed by atoms with Gasteiger partial charge in [0.25, 0.3) is 5.69 Å². The number of hydrogen-bond acceptors (Lipinski definition) is 3. The highest BCUT2D eigenvalue weighted by molar-refractivity contribution is 7.80. The van der Waals surface area contributed by atoms with E-state index in [1.54, 1.807) is 0 Å². The van der Waals surface area contributed by atoms with Gasteiger partial charge in [0.1, 0.15) is 0 Å². The molecule has 0 aliphatic carbocycles. The van der Waals surface area contributed by atoms with E-state index in [9.17, 15) is 23.3 Å². The molecule has 15 heavy (non-hydrogen) atoms. The van der Waals surface area contributed by atoms with Crippen LogP contribution in [0.25, 0.3) is 0 Å². The Hall–Kier alpha value is -0.950. The third-order valence-electron chi connectivity index (χ3n) is 1.56. The van der Waals surface area contributed by atoms with Gasteiger partial charge in [0, 0.05) is 17.0 Å². The molecule has 0 atom stereocenters. The van der Waals surface area contributed by atoms with Crippen LogP contribution < -0.4 is 0 Å². The Labute approximate surface area is 92.4 Å². The van der Waals surface area contributed by atoms with E-state index in [0.29, 0.717) is 6.07 Å². The maximum absolute atomic E-state index is 12.3. The van der Waals surface area contributed by atoms with Crippen molar-refractivity contribution in [2.45, 2.75) is 11.1 Å². The summed E-state index contributed by atoms with van der Waals surface area (Å²) in [7, 11) is 0. The maximum Gasteiger partial charge on any atom is 0.417 e. The third kappa shape index (κ3) is 2.54. The zero-order valence-corrected chi connectivity index (χ0v) is 8.53. The molecule has 0 unspecified atom stereocenters. The molecule has 0 bridgehead atoms. The number of thiol groups is 1. The molecule has 0 saturated carbocycles. The number of halogens is 4. The fraction of sp³-hybridized carbons (Fsp3) is 0.143. The van der Waals surface area contributed by atoms with Gasteiger partial charge in [-0.3, -0.25) is 10.1 Å². The molecule has 0 N–H and O–H groups in total. The molecule has 0 aliphatic rings. The Morgan fingerprint density at radius 3 is 2.33 bits per heavy atom. The van der Waals surface area contributed by atoms with Crippen LogP contribution in [0.15, 0.2) is 17.0 Å². The molecule has 0 heterocycles. The molecule has 0 saturated heterocycles. The van der Waals surface area contributed by atoms with Gasteiger partial charge in [0.15, 0.2) is 0 Å². The first kappa shape index (κ1) is 12.1. The third-order valence-corrected chi connectivity index (χ3v) is 2.48. The van der Waals surface area contributed by atoms with E-state index in [1.165, 1.54) is 0 Å². The number of nitro groups is 1. The first-order valence-corrected chi connectivity index (χ1v) is 4.30. The summed E-state index contributed by atoms with van der Waals surface area (Å²) in [6.45, 7) is 0. The van der Waals surface area contributed by atoms with Crippen molar-refractivity contribution in [2.24, 2.45) is 0 Å². The van der Waals surface area contributed by atoms with E-state index in [2.05, 4.69) is 12.6 Å². The van der Waals surface area contributed by atoms with Crippen molar-refractivity contribution in [1.29, 1.82) is 0 Å². The van der Waals surface area contributed by atoms with Crippen LogP contribution in [0.3, 0.4) is 0 Å². The predicted molar refractivity (Wildman–Crippen MR) is 50.4 cm³/mol.